The van der Waals surface area contributed by atoms with Crippen LogP contribution in [0.4, 0.5) is 0 Å². The van der Waals surface area contributed by atoms with Gasteiger partial charge in [0.2, 0.25) is 0 Å². The lowest BCUT2D eigenvalue weighted by Gasteiger charge is -2.28. The first-order valence-electron chi connectivity index (χ1n) is 8.55. The summed E-state index contributed by atoms with van der Waals surface area (Å²) in [6.07, 6.45) is 16.1. The van der Waals surface area contributed by atoms with E-state index in [1.807, 2.05) is 0 Å². The molecule has 1 atom stereocenters. The first kappa shape index (κ1) is 16.1. The number of hydrogen-bond acceptors (Lipinski definition) is 0. The second kappa shape index (κ2) is 8.23. The minimum absolute atomic E-state index is 0.586. The molecule has 1 unspecified atom stereocenters. The third-order valence-corrected chi connectivity index (χ3v) is 5.14. The average Bonchev–Trinajstić information content (AvgIpc) is 2.35. The molecule has 18 heavy (non-hydrogen) atoms. The molecule has 0 bridgehead atoms. The van der Waals surface area contributed by atoms with E-state index < -0.39 is 0 Å². The summed E-state index contributed by atoms with van der Waals surface area (Å²) < 4.78 is 0. The van der Waals surface area contributed by atoms with Gasteiger partial charge in [-0.3, -0.25) is 0 Å². The van der Waals surface area contributed by atoms with Crippen molar-refractivity contribution in [3.05, 3.63) is 0 Å². The molecule has 108 valence electrons. The van der Waals surface area contributed by atoms with Gasteiger partial charge in [0, 0.05) is 0 Å². The molecular weight excluding hydrogens is 216 g/mol. The van der Waals surface area contributed by atoms with Crippen molar-refractivity contribution in [2.45, 2.75) is 98.3 Å². The molecule has 1 aliphatic carbocycles. The van der Waals surface area contributed by atoms with Crippen LogP contribution in [-0.4, -0.2) is 0 Å². The van der Waals surface area contributed by atoms with Gasteiger partial charge in [-0.05, 0) is 30.1 Å². The van der Waals surface area contributed by atoms with E-state index in [9.17, 15) is 0 Å². The van der Waals surface area contributed by atoms with Crippen molar-refractivity contribution in [2.75, 3.05) is 0 Å². The van der Waals surface area contributed by atoms with Crippen LogP contribution in [0.1, 0.15) is 98.3 Å². The van der Waals surface area contributed by atoms with Crippen LogP contribution < -0.4 is 0 Å². The van der Waals surface area contributed by atoms with Crippen molar-refractivity contribution < 1.29 is 0 Å². The number of hydrogen-bond donors (Lipinski definition) is 0. The maximum absolute atomic E-state index is 2.51. The maximum Gasteiger partial charge on any atom is -0.0354 e. The second-order valence-electron chi connectivity index (χ2n) is 7.54. The van der Waals surface area contributed by atoms with Crippen LogP contribution in [-0.2, 0) is 0 Å². The number of rotatable bonds is 8. The lowest BCUT2D eigenvalue weighted by atomic mass is 9.78. The van der Waals surface area contributed by atoms with Crippen LogP contribution in [0.15, 0.2) is 0 Å². The third-order valence-electron chi connectivity index (χ3n) is 5.14. The summed E-state index contributed by atoms with van der Waals surface area (Å²) in [4.78, 5) is 0. The minimum Gasteiger partial charge on any atom is -0.0654 e. The second-order valence-corrected chi connectivity index (χ2v) is 7.54. The van der Waals surface area contributed by atoms with Crippen molar-refractivity contribution in [3.8, 4) is 0 Å². The molecule has 0 aromatic heterocycles. The van der Waals surface area contributed by atoms with Gasteiger partial charge in [-0.1, -0.05) is 85.5 Å². The van der Waals surface area contributed by atoms with Crippen molar-refractivity contribution in [3.63, 3.8) is 0 Å². The zero-order chi connectivity index (χ0) is 13.4. The number of unbranched alkanes of at least 4 members (excludes halogenated alkanes) is 1. The van der Waals surface area contributed by atoms with Gasteiger partial charge in [0.25, 0.3) is 0 Å². The van der Waals surface area contributed by atoms with Crippen molar-refractivity contribution in [1.29, 1.82) is 0 Å². The summed E-state index contributed by atoms with van der Waals surface area (Å²) in [5.74, 6) is 2.04. The van der Waals surface area contributed by atoms with Crippen LogP contribution in [0.25, 0.3) is 0 Å². The highest BCUT2D eigenvalue weighted by Crippen LogP contribution is 2.34. The molecule has 0 aromatic carbocycles. The summed E-state index contributed by atoms with van der Waals surface area (Å²) in [6.45, 7) is 9.71. The first-order chi connectivity index (χ1) is 8.55. The van der Waals surface area contributed by atoms with Gasteiger partial charge in [0.1, 0.15) is 0 Å². The fraction of sp³-hybridized carbons (Fsp3) is 1.00. The summed E-state index contributed by atoms with van der Waals surface area (Å²) >= 11 is 0. The summed E-state index contributed by atoms with van der Waals surface area (Å²) in [5, 5.41) is 0. The van der Waals surface area contributed by atoms with Gasteiger partial charge in [-0.25, -0.2) is 0 Å². The average molecular weight is 252 g/mol. The molecule has 1 fully saturated rings. The van der Waals surface area contributed by atoms with Gasteiger partial charge in [0.15, 0.2) is 0 Å². The van der Waals surface area contributed by atoms with Crippen molar-refractivity contribution in [1.82, 2.24) is 0 Å². The van der Waals surface area contributed by atoms with E-state index in [0.717, 1.165) is 11.8 Å². The SMILES string of the molecule is CCCC(C)(C)CCCCC(C)C1CCCCC1. The van der Waals surface area contributed by atoms with E-state index in [1.54, 1.807) is 0 Å². The third kappa shape index (κ3) is 6.25. The molecular formula is C18H36. The Morgan fingerprint density at radius 2 is 1.67 bits per heavy atom. The normalized spacial score (nSPS) is 20.0. The van der Waals surface area contributed by atoms with Crippen LogP contribution in [0.2, 0.25) is 0 Å². The Morgan fingerprint density at radius 3 is 2.28 bits per heavy atom. The quantitative estimate of drug-likeness (QED) is 0.427. The van der Waals surface area contributed by atoms with Crippen molar-refractivity contribution in [2.24, 2.45) is 17.3 Å². The molecule has 1 saturated carbocycles. The van der Waals surface area contributed by atoms with E-state index in [4.69, 9.17) is 0 Å². The van der Waals surface area contributed by atoms with Gasteiger partial charge >= 0.3 is 0 Å². The van der Waals surface area contributed by atoms with Crippen LogP contribution in [0.5, 0.6) is 0 Å². The highest BCUT2D eigenvalue weighted by molar-refractivity contribution is 4.72. The Hall–Kier alpha value is 0. The predicted octanol–water partition coefficient (Wildman–Crippen LogP) is 6.59. The molecule has 0 amide bonds. The maximum atomic E-state index is 2.51. The molecule has 0 heteroatoms. The lowest BCUT2D eigenvalue weighted by molar-refractivity contribution is 0.238. The molecule has 0 heterocycles. The molecule has 0 N–H and O–H groups in total. The zero-order valence-corrected chi connectivity index (χ0v) is 13.4. The Morgan fingerprint density at radius 1 is 1.00 bits per heavy atom. The Bertz CT molecular complexity index is 198. The fourth-order valence-corrected chi connectivity index (χ4v) is 3.81. The van der Waals surface area contributed by atoms with Gasteiger partial charge in [0.05, 0.1) is 0 Å². The topological polar surface area (TPSA) is 0 Å². The van der Waals surface area contributed by atoms with Crippen LogP contribution >= 0.6 is 0 Å². The fourth-order valence-electron chi connectivity index (χ4n) is 3.81. The molecule has 1 rings (SSSR count). The smallest absolute Gasteiger partial charge is 0.0354 e. The Kier molecular flexibility index (Phi) is 7.34. The monoisotopic (exact) mass is 252 g/mol. The molecule has 0 nitrogen and oxygen atoms in total. The highest BCUT2D eigenvalue weighted by Gasteiger charge is 2.20. The minimum atomic E-state index is 0.586. The van der Waals surface area contributed by atoms with E-state index in [0.29, 0.717) is 5.41 Å². The molecule has 0 spiro atoms. The van der Waals surface area contributed by atoms with Gasteiger partial charge in [-0.2, -0.15) is 0 Å². The van der Waals surface area contributed by atoms with Crippen LogP contribution in [0.3, 0.4) is 0 Å². The first-order valence-corrected chi connectivity index (χ1v) is 8.55. The highest BCUT2D eigenvalue weighted by atomic mass is 14.3. The molecule has 1 aliphatic rings. The van der Waals surface area contributed by atoms with E-state index in [-0.39, 0.29) is 0 Å². The Balaban J connectivity index is 2.09. The summed E-state index contributed by atoms with van der Waals surface area (Å²) in [5.41, 5.74) is 0.586. The lowest BCUT2D eigenvalue weighted by Crippen LogP contribution is -2.15. The Labute approximate surface area is 116 Å². The summed E-state index contributed by atoms with van der Waals surface area (Å²) in [6, 6.07) is 0. The molecule has 0 radical (unpaired) electrons. The zero-order valence-electron chi connectivity index (χ0n) is 13.4. The van der Waals surface area contributed by atoms with Crippen molar-refractivity contribution >= 4 is 0 Å². The van der Waals surface area contributed by atoms with Crippen LogP contribution in [0, 0.1) is 17.3 Å². The van der Waals surface area contributed by atoms with E-state index in [2.05, 4.69) is 27.7 Å². The van der Waals surface area contributed by atoms with Gasteiger partial charge in [-0.15, -0.1) is 0 Å². The molecule has 0 aromatic rings. The van der Waals surface area contributed by atoms with Gasteiger partial charge < -0.3 is 0 Å². The molecule has 0 saturated heterocycles. The summed E-state index contributed by atoms with van der Waals surface area (Å²) in [7, 11) is 0. The molecule has 0 aliphatic heterocycles. The standard InChI is InChI=1S/C18H36/c1-5-14-18(3,4)15-10-9-11-16(2)17-12-7-6-8-13-17/h16-17H,5-15H2,1-4H3. The van der Waals surface area contributed by atoms with E-state index in [1.165, 1.54) is 70.6 Å². The van der Waals surface area contributed by atoms with E-state index >= 15 is 0 Å². The predicted molar refractivity (Wildman–Crippen MR) is 82.9 cm³/mol. The largest absolute Gasteiger partial charge is 0.0654 e.